The zero-order valence-corrected chi connectivity index (χ0v) is 11.8. The molecule has 8 heteroatoms. The number of sulfone groups is 1. The van der Waals surface area contributed by atoms with Crippen molar-refractivity contribution >= 4 is 15.5 Å². The van der Waals surface area contributed by atoms with Crippen molar-refractivity contribution in [2.45, 2.75) is 36.0 Å². The Morgan fingerprint density at radius 3 is 2.40 bits per heavy atom. The number of aliphatic hydroxyl groups is 2. The lowest BCUT2D eigenvalue weighted by Gasteiger charge is -2.16. The molecule has 0 amide bonds. The molecule has 0 heterocycles. The molecule has 2 N–H and O–H groups in total. The van der Waals surface area contributed by atoms with E-state index in [4.69, 9.17) is 0 Å². The highest BCUT2D eigenvalue weighted by atomic mass is 32.2. The monoisotopic (exact) mass is 303 g/mol. The Morgan fingerprint density at radius 2 is 1.90 bits per heavy atom. The zero-order chi connectivity index (χ0) is 15.3. The van der Waals surface area contributed by atoms with Crippen LogP contribution in [0.25, 0.3) is 0 Å². The molecule has 0 aliphatic carbocycles. The lowest BCUT2D eigenvalue weighted by atomic mass is 10.2. The number of nitro groups is 1. The van der Waals surface area contributed by atoms with Crippen LogP contribution in [0.2, 0.25) is 0 Å². The van der Waals surface area contributed by atoms with Crippen LogP contribution in [-0.2, 0) is 9.84 Å². The highest BCUT2D eigenvalue weighted by Gasteiger charge is 2.32. The predicted octanol–water partition coefficient (Wildman–Crippen LogP) is 0.890. The third-order valence-electron chi connectivity index (χ3n) is 2.92. The molecule has 0 aliphatic heterocycles. The number of aliphatic hydroxyl groups excluding tert-OH is 2. The fourth-order valence-corrected chi connectivity index (χ4v) is 3.50. The van der Waals surface area contributed by atoms with Gasteiger partial charge in [0.2, 0.25) is 0 Å². The second-order valence-corrected chi connectivity index (χ2v) is 6.70. The molecule has 20 heavy (non-hydrogen) atoms. The van der Waals surface area contributed by atoms with E-state index < -0.39 is 43.3 Å². The molecule has 1 aromatic carbocycles. The van der Waals surface area contributed by atoms with Gasteiger partial charge < -0.3 is 10.2 Å². The molecular formula is C12H17NO6S. The summed E-state index contributed by atoms with van der Waals surface area (Å²) < 4.78 is 24.7. The van der Waals surface area contributed by atoms with E-state index in [2.05, 4.69) is 0 Å². The summed E-state index contributed by atoms with van der Waals surface area (Å²) in [5.74, 6) is 0. The SMILES string of the molecule is C[C@@H](O)CC[C@H](CO)S(=O)(=O)c1ccccc1[N+](=O)[O-]. The molecule has 0 aliphatic rings. The van der Waals surface area contributed by atoms with Gasteiger partial charge >= 0.3 is 0 Å². The lowest BCUT2D eigenvalue weighted by Crippen LogP contribution is -2.27. The molecule has 1 rings (SSSR count). The Bertz CT molecular complexity index is 569. The Labute approximate surface area is 116 Å². The molecule has 0 aromatic heterocycles. The summed E-state index contributed by atoms with van der Waals surface area (Å²) in [6, 6.07) is 5.03. The van der Waals surface area contributed by atoms with E-state index in [0.717, 1.165) is 12.1 Å². The number of hydrogen-bond acceptors (Lipinski definition) is 6. The molecule has 2 atom stereocenters. The van der Waals surface area contributed by atoms with Crippen molar-refractivity contribution in [3.63, 3.8) is 0 Å². The molecule has 112 valence electrons. The van der Waals surface area contributed by atoms with Gasteiger partial charge in [0.1, 0.15) is 4.90 Å². The summed E-state index contributed by atoms with van der Waals surface area (Å²) in [5, 5.41) is 28.1. The van der Waals surface area contributed by atoms with Gasteiger partial charge in [-0.15, -0.1) is 0 Å². The first-order valence-corrected chi connectivity index (χ1v) is 7.61. The third-order valence-corrected chi connectivity index (χ3v) is 5.14. The number of hydrogen-bond donors (Lipinski definition) is 2. The van der Waals surface area contributed by atoms with Gasteiger partial charge in [-0.05, 0) is 25.8 Å². The topological polar surface area (TPSA) is 118 Å². The minimum absolute atomic E-state index is 0.0303. The van der Waals surface area contributed by atoms with Crippen molar-refractivity contribution in [1.82, 2.24) is 0 Å². The first-order valence-electron chi connectivity index (χ1n) is 6.07. The molecule has 0 bridgehead atoms. The summed E-state index contributed by atoms with van der Waals surface area (Å²) >= 11 is 0. The smallest absolute Gasteiger partial charge is 0.287 e. The Balaban J connectivity index is 3.17. The summed E-state index contributed by atoms with van der Waals surface area (Å²) in [6.45, 7) is 0.854. The molecule has 7 nitrogen and oxygen atoms in total. The number of nitrogens with zero attached hydrogens (tertiary/aromatic N) is 1. The summed E-state index contributed by atoms with van der Waals surface area (Å²) in [6.07, 6.45) is -0.488. The minimum atomic E-state index is -4.03. The summed E-state index contributed by atoms with van der Waals surface area (Å²) in [4.78, 5) is 9.71. The van der Waals surface area contributed by atoms with Crippen LogP contribution in [0.3, 0.4) is 0 Å². The first-order chi connectivity index (χ1) is 9.30. The van der Waals surface area contributed by atoms with E-state index >= 15 is 0 Å². The van der Waals surface area contributed by atoms with Crippen molar-refractivity contribution in [2.75, 3.05) is 6.61 Å². The maximum absolute atomic E-state index is 12.4. The van der Waals surface area contributed by atoms with Crippen LogP contribution in [0.15, 0.2) is 29.2 Å². The van der Waals surface area contributed by atoms with Gasteiger partial charge in [-0.2, -0.15) is 0 Å². The van der Waals surface area contributed by atoms with Crippen LogP contribution >= 0.6 is 0 Å². The Hall–Kier alpha value is -1.51. The van der Waals surface area contributed by atoms with Gasteiger partial charge in [0.15, 0.2) is 9.84 Å². The van der Waals surface area contributed by atoms with Crippen molar-refractivity contribution in [3.05, 3.63) is 34.4 Å². The van der Waals surface area contributed by atoms with Crippen molar-refractivity contribution in [3.8, 4) is 0 Å². The number of para-hydroxylation sites is 1. The van der Waals surface area contributed by atoms with E-state index in [1.54, 1.807) is 0 Å². The van der Waals surface area contributed by atoms with Gasteiger partial charge in [0, 0.05) is 6.07 Å². The normalized spacial score (nSPS) is 14.8. The fourth-order valence-electron chi connectivity index (χ4n) is 1.80. The first kappa shape index (κ1) is 16.5. The van der Waals surface area contributed by atoms with Gasteiger partial charge in [0.25, 0.3) is 5.69 Å². The number of benzene rings is 1. The van der Waals surface area contributed by atoms with E-state index in [-0.39, 0.29) is 12.8 Å². The molecule has 0 saturated carbocycles. The number of nitro benzene ring substituents is 1. The molecule has 0 fully saturated rings. The average Bonchev–Trinajstić information content (AvgIpc) is 2.38. The Kier molecular flexibility index (Phi) is 5.61. The van der Waals surface area contributed by atoms with E-state index in [1.807, 2.05) is 0 Å². The van der Waals surface area contributed by atoms with Gasteiger partial charge in [0.05, 0.1) is 22.9 Å². The maximum Gasteiger partial charge on any atom is 0.287 e. The average molecular weight is 303 g/mol. The van der Waals surface area contributed by atoms with Gasteiger partial charge in [-0.25, -0.2) is 8.42 Å². The second kappa shape index (κ2) is 6.78. The molecule has 0 unspecified atom stereocenters. The molecule has 0 spiro atoms. The zero-order valence-electron chi connectivity index (χ0n) is 11.0. The molecule has 0 radical (unpaired) electrons. The third kappa shape index (κ3) is 3.75. The standard InChI is InChI=1S/C12H17NO6S/c1-9(15)6-7-10(8-14)20(18,19)12-5-3-2-4-11(12)13(16)17/h2-5,9-10,14-15H,6-8H2,1H3/t9-,10-/m1/s1. The van der Waals surface area contributed by atoms with Crippen LogP contribution in [0.1, 0.15) is 19.8 Å². The van der Waals surface area contributed by atoms with Crippen LogP contribution in [0, 0.1) is 10.1 Å². The highest BCUT2D eigenvalue weighted by molar-refractivity contribution is 7.92. The highest BCUT2D eigenvalue weighted by Crippen LogP contribution is 2.28. The quantitative estimate of drug-likeness (QED) is 0.570. The second-order valence-electron chi connectivity index (χ2n) is 4.50. The van der Waals surface area contributed by atoms with Crippen LogP contribution in [0.5, 0.6) is 0 Å². The van der Waals surface area contributed by atoms with E-state index in [9.17, 15) is 28.7 Å². The lowest BCUT2D eigenvalue weighted by molar-refractivity contribution is -0.387. The van der Waals surface area contributed by atoms with E-state index in [1.165, 1.54) is 19.1 Å². The van der Waals surface area contributed by atoms with Crippen LogP contribution < -0.4 is 0 Å². The summed E-state index contributed by atoms with van der Waals surface area (Å²) in [5.41, 5.74) is -0.511. The van der Waals surface area contributed by atoms with Crippen LogP contribution in [0.4, 0.5) is 5.69 Å². The van der Waals surface area contributed by atoms with Crippen LogP contribution in [-0.4, -0.2) is 41.5 Å². The molecule has 1 aromatic rings. The van der Waals surface area contributed by atoms with Crippen molar-refractivity contribution in [2.24, 2.45) is 0 Å². The minimum Gasteiger partial charge on any atom is -0.395 e. The van der Waals surface area contributed by atoms with Gasteiger partial charge in [-0.3, -0.25) is 10.1 Å². The maximum atomic E-state index is 12.4. The molecular weight excluding hydrogens is 286 g/mol. The molecule has 0 saturated heterocycles. The predicted molar refractivity (Wildman–Crippen MR) is 72.1 cm³/mol. The fraction of sp³-hybridized carbons (Fsp3) is 0.500. The van der Waals surface area contributed by atoms with E-state index in [0.29, 0.717) is 0 Å². The van der Waals surface area contributed by atoms with Crippen molar-refractivity contribution in [1.29, 1.82) is 0 Å². The van der Waals surface area contributed by atoms with Gasteiger partial charge in [-0.1, -0.05) is 12.1 Å². The largest absolute Gasteiger partial charge is 0.395 e. The summed E-state index contributed by atoms with van der Waals surface area (Å²) in [7, 11) is -4.03. The Morgan fingerprint density at radius 1 is 1.30 bits per heavy atom. The number of rotatable bonds is 7. The van der Waals surface area contributed by atoms with Crippen molar-refractivity contribution < 1.29 is 23.6 Å².